The van der Waals surface area contributed by atoms with Crippen molar-refractivity contribution in [2.45, 2.75) is 52.4 Å². The second-order valence-corrected chi connectivity index (χ2v) is 7.85. The predicted molar refractivity (Wildman–Crippen MR) is 82.8 cm³/mol. The van der Waals surface area contributed by atoms with E-state index in [2.05, 4.69) is 35.6 Å². The molecule has 21 heavy (non-hydrogen) atoms. The Labute approximate surface area is 127 Å². The van der Waals surface area contributed by atoms with E-state index in [1.54, 1.807) is 6.20 Å². The average Bonchev–Trinajstić information content (AvgIpc) is 3.06. The van der Waals surface area contributed by atoms with Crippen LogP contribution in [0.3, 0.4) is 0 Å². The third-order valence-corrected chi connectivity index (χ3v) is 5.14. The molecule has 116 valence electrons. The number of nitrogens with one attached hydrogen (secondary N) is 1. The molecule has 2 heterocycles. The number of aromatic nitrogens is 2. The molecule has 1 aromatic rings. The molecule has 1 amide bonds. The molecule has 1 saturated heterocycles. The van der Waals surface area contributed by atoms with Gasteiger partial charge in [0.15, 0.2) is 0 Å². The molecule has 0 radical (unpaired) electrons. The van der Waals surface area contributed by atoms with Crippen LogP contribution in [0.15, 0.2) is 12.4 Å². The fraction of sp³-hybridized carbons (Fsp3) is 0.765. The Kier molecular flexibility index (Phi) is 3.80. The summed E-state index contributed by atoms with van der Waals surface area (Å²) in [7, 11) is 0. The predicted octanol–water partition coefficient (Wildman–Crippen LogP) is 3.19. The summed E-state index contributed by atoms with van der Waals surface area (Å²) in [4.78, 5) is 22.5. The van der Waals surface area contributed by atoms with Crippen LogP contribution in [0.25, 0.3) is 0 Å². The highest BCUT2D eigenvalue weighted by Crippen LogP contribution is 2.42. The van der Waals surface area contributed by atoms with Crippen LogP contribution in [-0.4, -0.2) is 33.9 Å². The smallest absolute Gasteiger partial charge is 0.225 e. The molecule has 0 spiro atoms. The molecule has 1 aromatic heterocycles. The molecule has 3 rings (SSSR count). The summed E-state index contributed by atoms with van der Waals surface area (Å²) in [6.45, 7) is 8.61. The van der Waals surface area contributed by atoms with E-state index in [0.717, 1.165) is 38.2 Å². The Bertz CT molecular complexity index is 494. The van der Waals surface area contributed by atoms with E-state index in [1.807, 2.05) is 6.20 Å². The first-order chi connectivity index (χ1) is 9.94. The molecule has 2 aliphatic rings. The van der Waals surface area contributed by atoms with Crippen LogP contribution in [0.4, 0.5) is 0 Å². The number of nitrogens with zero attached hydrogens (tertiary/aromatic N) is 2. The Balaban J connectivity index is 1.63. The van der Waals surface area contributed by atoms with E-state index in [1.165, 1.54) is 6.42 Å². The Morgan fingerprint density at radius 1 is 1.43 bits per heavy atom. The van der Waals surface area contributed by atoms with Crippen molar-refractivity contribution in [2.24, 2.45) is 17.3 Å². The number of likely N-dealkylation sites (tertiary alicyclic amines) is 1. The van der Waals surface area contributed by atoms with Gasteiger partial charge in [-0.3, -0.25) is 4.79 Å². The molecular weight excluding hydrogens is 262 g/mol. The van der Waals surface area contributed by atoms with Crippen molar-refractivity contribution in [1.29, 1.82) is 0 Å². The third-order valence-electron chi connectivity index (χ3n) is 5.14. The molecule has 4 heteroatoms. The van der Waals surface area contributed by atoms with Crippen molar-refractivity contribution >= 4 is 5.91 Å². The van der Waals surface area contributed by atoms with E-state index < -0.39 is 0 Å². The zero-order valence-electron chi connectivity index (χ0n) is 13.4. The summed E-state index contributed by atoms with van der Waals surface area (Å²) in [5.74, 6) is 2.68. The summed E-state index contributed by atoms with van der Waals surface area (Å²) in [5, 5.41) is 0. The van der Waals surface area contributed by atoms with Gasteiger partial charge in [0.05, 0.1) is 0 Å². The molecule has 4 nitrogen and oxygen atoms in total. The van der Waals surface area contributed by atoms with Gasteiger partial charge >= 0.3 is 0 Å². The lowest BCUT2D eigenvalue weighted by Gasteiger charge is -2.39. The first-order valence-electron chi connectivity index (χ1n) is 8.23. The lowest BCUT2D eigenvalue weighted by Crippen LogP contribution is -2.40. The molecule has 2 fully saturated rings. The minimum absolute atomic E-state index is 0.221. The summed E-state index contributed by atoms with van der Waals surface area (Å²) in [6.07, 6.45) is 8.04. The lowest BCUT2D eigenvalue weighted by molar-refractivity contribution is -0.137. The zero-order valence-corrected chi connectivity index (χ0v) is 13.4. The SMILES string of the molecule is CC1CC(C(=O)N2CCC(c3ncc[nH]3)C2)CC(C)(C)C1. The lowest BCUT2D eigenvalue weighted by atomic mass is 9.67. The van der Waals surface area contributed by atoms with Gasteiger partial charge in [-0.2, -0.15) is 0 Å². The maximum absolute atomic E-state index is 12.8. The molecule has 1 aliphatic heterocycles. The van der Waals surface area contributed by atoms with Gasteiger partial charge in [-0.15, -0.1) is 0 Å². The zero-order chi connectivity index (χ0) is 15.0. The number of hydrogen-bond acceptors (Lipinski definition) is 2. The Hall–Kier alpha value is -1.32. The highest BCUT2D eigenvalue weighted by atomic mass is 16.2. The van der Waals surface area contributed by atoms with Gasteiger partial charge in [0.1, 0.15) is 5.82 Å². The molecule has 3 unspecified atom stereocenters. The van der Waals surface area contributed by atoms with Crippen LogP contribution < -0.4 is 0 Å². The van der Waals surface area contributed by atoms with E-state index in [4.69, 9.17) is 0 Å². The van der Waals surface area contributed by atoms with Gasteiger partial charge in [-0.1, -0.05) is 20.8 Å². The third kappa shape index (κ3) is 3.14. The summed E-state index contributed by atoms with van der Waals surface area (Å²) < 4.78 is 0. The Morgan fingerprint density at radius 3 is 2.90 bits per heavy atom. The van der Waals surface area contributed by atoms with Crippen LogP contribution in [0.5, 0.6) is 0 Å². The maximum atomic E-state index is 12.8. The van der Waals surface area contributed by atoms with Gasteiger partial charge in [0.25, 0.3) is 0 Å². The van der Waals surface area contributed by atoms with Crippen molar-refractivity contribution in [1.82, 2.24) is 14.9 Å². The fourth-order valence-corrected chi connectivity index (χ4v) is 4.48. The van der Waals surface area contributed by atoms with Crippen molar-refractivity contribution in [3.05, 3.63) is 18.2 Å². The van der Waals surface area contributed by atoms with E-state index in [0.29, 0.717) is 23.2 Å². The van der Waals surface area contributed by atoms with Crippen LogP contribution in [0, 0.1) is 17.3 Å². The standard InChI is InChI=1S/C17H27N3O/c1-12-8-14(10-17(2,3)9-12)16(21)20-7-4-13(11-20)15-18-5-6-19-15/h5-6,12-14H,4,7-11H2,1-3H3,(H,18,19). The highest BCUT2D eigenvalue weighted by molar-refractivity contribution is 5.79. The van der Waals surface area contributed by atoms with Gasteiger partial charge in [-0.25, -0.2) is 4.98 Å². The van der Waals surface area contributed by atoms with Crippen molar-refractivity contribution in [2.75, 3.05) is 13.1 Å². The second-order valence-electron chi connectivity index (χ2n) is 7.85. The number of imidazole rings is 1. The monoisotopic (exact) mass is 289 g/mol. The average molecular weight is 289 g/mol. The molecule has 1 N–H and O–H groups in total. The number of H-pyrrole nitrogens is 1. The molecule has 1 saturated carbocycles. The summed E-state index contributed by atoms with van der Waals surface area (Å²) >= 11 is 0. The first-order valence-corrected chi connectivity index (χ1v) is 8.23. The highest BCUT2D eigenvalue weighted by Gasteiger charge is 2.39. The van der Waals surface area contributed by atoms with Gasteiger partial charge in [0.2, 0.25) is 5.91 Å². The molecule has 1 aliphatic carbocycles. The number of rotatable bonds is 2. The number of amides is 1. The van der Waals surface area contributed by atoms with Gasteiger partial charge in [-0.05, 0) is 37.0 Å². The van der Waals surface area contributed by atoms with E-state index in [9.17, 15) is 4.79 Å². The van der Waals surface area contributed by atoms with Crippen LogP contribution in [0.1, 0.15) is 58.2 Å². The summed E-state index contributed by atoms with van der Waals surface area (Å²) in [6, 6.07) is 0. The first kappa shape index (κ1) is 14.6. The van der Waals surface area contributed by atoms with Gasteiger partial charge < -0.3 is 9.88 Å². The number of carbonyl (C=O) groups is 1. The van der Waals surface area contributed by atoms with Crippen LogP contribution in [0.2, 0.25) is 0 Å². The van der Waals surface area contributed by atoms with Crippen LogP contribution in [-0.2, 0) is 4.79 Å². The van der Waals surface area contributed by atoms with Crippen LogP contribution >= 0.6 is 0 Å². The van der Waals surface area contributed by atoms with Gasteiger partial charge in [0, 0.05) is 37.3 Å². The minimum Gasteiger partial charge on any atom is -0.348 e. The largest absolute Gasteiger partial charge is 0.348 e. The topological polar surface area (TPSA) is 49.0 Å². The molecular formula is C17H27N3O. The second kappa shape index (κ2) is 5.47. The normalized spacial score (nSPS) is 32.3. The maximum Gasteiger partial charge on any atom is 0.225 e. The van der Waals surface area contributed by atoms with Crippen molar-refractivity contribution in [3.63, 3.8) is 0 Å². The molecule has 3 atom stereocenters. The number of carbonyl (C=O) groups excluding carboxylic acids is 1. The molecule has 0 bridgehead atoms. The number of aromatic amines is 1. The Morgan fingerprint density at radius 2 is 2.24 bits per heavy atom. The fourth-order valence-electron chi connectivity index (χ4n) is 4.48. The van der Waals surface area contributed by atoms with E-state index >= 15 is 0 Å². The van der Waals surface area contributed by atoms with Crippen molar-refractivity contribution < 1.29 is 4.79 Å². The minimum atomic E-state index is 0.221. The quantitative estimate of drug-likeness (QED) is 0.909. The van der Waals surface area contributed by atoms with E-state index in [-0.39, 0.29) is 5.92 Å². The summed E-state index contributed by atoms with van der Waals surface area (Å²) in [5.41, 5.74) is 0.304. The molecule has 0 aromatic carbocycles. The van der Waals surface area contributed by atoms with Crippen molar-refractivity contribution in [3.8, 4) is 0 Å². The number of hydrogen-bond donors (Lipinski definition) is 1.